The second kappa shape index (κ2) is 5.96. The minimum atomic E-state index is 0.452. The molecule has 1 atom stereocenters. The van der Waals surface area contributed by atoms with Crippen LogP contribution in [0.5, 0.6) is 0 Å². The van der Waals surface area contributed by atoms with Crippen molar-refractivity contribution in [3.63, 3.8) is 0 Å². The van der Waals surface area contributed by atoms with Crippen LogP contribution in [0.4, 0.5) is 0 Å². The molecule has 0 aliphatic carbocycles. The maximum absolute atomic E-state index is 4.84. The first-order chi connectivity index (χ1) is 9.81. The topological polar surface area (TPSA) is 31.9 Å². The van der Waals surface area contributed by atoms with Gasteiger partial charge in [-0.2, -0.15) is 0 Å². The zero-order valence-corrected chi connectivity index (χ0v) is 12.7. The van der Waals surface area contributed by atoms with Gasteiger partial charge < -0.3 is 4.98 Å². The van der Waals surface area contributed by atoms with Crippen molar-refractivity contribution in [3.8, 4) is 0 Å². The van der Waals surface area contributed by atoms with Crippen molar-refractivity contribution in [2.24, 2.45) is 0 Å². The lowest BCUT2D eigenvalue weighted by molar-refractivity contribution is 0.154. The van der Waals surface area contributed by atoms with Crippen LogP contribution in [0.3, 0.4) is 0 Å². The summed E-state index contributed by atoms with van der Waals surface area (Å²) in [6, 6.07) is 7.04. The highest BCUT2D eigenvalue weighted by molar-refractivity contribution is 5.76. The largest absolute Gasteiger partial charge is 0.341 e. The van der Waals surface area contributed by atoms with Gasteiger partial charge in [-0.15, -0.1) is 0 Å². The minimum Gasteiger partial charge on any atom is -0.341 e. The lowest BCUT2D eigenvalue weighted by Gasteiger charge is -2.32. The highest BCUT2D eigenvalue weighted by Gasteiger charge is 2.23. The number of piperidine rings is 1. The van der Waals surface area contributed by atoms with E-state index in [0.717, 1.165) is 24.2 Å². The number of likely N-dealkylation sites (tertiary alicyclic amines) is 1. The molecule has 0 saturated carbocycles. The number of benzene rings is 1. The van der Waals surface area contributed by atoms with E-state index in [0.29, 0.717) is 6.04 Å². The molecule has 1 aromatic heterocycles. The van der Waals surface area contributed by atoms with Crippen LogP contribution < -0.4 is 0 Å². The fourth-order valence-corrected chi connectivity index (χ4v) is 3.31. The van der Waals surface area contributed by atoms with E-state index in [-0.39, 0.29) is 0 Å². The number of aryl methyl sites for hydroxylation is 1. The Hall–Kier alpha value is -1.35. The first-order valence-corrected chi connectivity index (χ1v) is 8.04. The maximum Gasteiger partial charge on any atom is 0.124 e. The first kappa shape index (κ1) is 13.6. The van der Waals surface area contributed by atoms with E-state index in [1.165, 1.54) is 43.4 Å². The molecule has 3 nitrogen and oxygen atoms in total. The van der Waals surface area contributed by atoms with Crippen molar-refractivity contribution in [1.29, 1.82) is 0 Å². The summed E-state index contributed by atoms with van der Waals surface area (Å²) in [5.41, 5.74) is 3.67. The average molecular weight is 271 g/mol. The van der Waals surface area contributed by atoms with Crippen molar-refractivity contribution >= 4 is 11.0 Å². The van der Waals surface area contributed by atoms with Crippen molar-refractivity contribution in [2.75, 3.05) is 13.1 Å². The molecular weight excluding hydrogens is 246 g/mol. The second-order valence-corrected chi connectivity index (χ2v) is 5.85. The predicted octanol–water partition coefficient (Wildman–Crippen LogP) is 4.06. The van der Waals surface area contributed by atoms with Gasteiger partial charge in [-0.1, -0.05) is 26.3 Å². The molecule has 108 valence electrons. The summed E-state index contributed by atoms with van der Waals surface area (Å²) in [7, 11) is 0. The normalized spacial score (nSPS) is 18.5. The van der Waals surface area contributed by atoms with Crippen LogP contribution in [0.1, 0.15) is 57.0 Å². The van der Waals surface area contributed by atoms with Crippen LogP contribution in [0.15, 0.2) is 18.2 Å². The van der Waals surface area contributed by atoms with E-state index in [9.17, 15) is 0 Å². The smallest absolute Gasteiger partial charge is 0.124 e. The zero-order chi connectivity index (χ0) is 13.9. The van der Waals surface area contributed by atoms with Gasteiger partial charge in [0.1, 0.15) is 5.82 Å². The van der Waals surface area contributed by atoms with E-state index in [2.05, 4.69) is 41.9 Å². The molecule has 3 heteroatoms. The highest BCUT2D eigenvalue weighted by atomic mass is 15.2. The molecular formula is C17H25N3. The summed E-state index contributed by atoms with van der Waals surface area (Å²) < 4.78 is 0. The number of hydrogen-bond acceptors (Lipinski definition) is 2. The van der Waals surface area contributed by atoms with Crippen molar-refractivity contribution in [1.82, 2.24) is 14.9 Å². The molecule has 0 spiro atoms. The number of aromatic amines is 1. The molecule has 0 bridgehead atoms. The fourth-order valence-electron chi connectivity index (χ4n) is 3.31. The molecule has 1 unspecified atom stereocenters. The van der Waals surface area contributed by atoms with Gasteiger partial charge in [0.2, 0.25) is 0 Å². The molecule has 1 aromatic carbocycles. The molecule has 1 N–H and O–H groups in total. The van der Waals surface area contributed by atoms with Crippen LogP contribution in [0.25, 0.3) is 11.0 Å². The van der Waals surface area contributed by atoms with Gasteiger partial charge >= 0.3 is 0 Å². The van der Waals surface area contributed by atoms with Gasteiger partial charge in [0, 0.05) is 0 Å². The van der Waals surface area contributed by atoms with E-state index in [4.69, 9.17) is 4.98 Å². The first-order valence-electron chi connectivity index (χ1n) is 8.04. The molecule has 2 aromatic rings. The van der Waals surface area contributed by atoms with Crippen LogP contribution in [-0.4, -0.2) is 28.0 Å². The number of aromatic nitrogens is 2. The molecule has 0 radical (unpaired) electrons. The van der Waals surface area contributed by atoms with Gasteiger partial charge in [0.25, 0.3) is 0 Å². The third-order valence-electron chi connectivity index (χ3n) is 4.51. The number of nitrogens with one attached hydrogen (secondary N) is 1. The van der Waals surface area contributed by atoms with Crippen molar-refractivity contribution < 1.29 is 0 Å². The number of imidazole rings is 1. The predicted molar refractivity (Wildman–Crippen MR) is 83.9 cm³/mol. The van der Waals surface area contributed by atoms with E-state index < -0.39 is 0 Å². The number of nitrogens with zero attached hydrogens (tertiary/aromatic N) is 2. The van der Waals surface area contributed by atoms with Gasteiger partial charge in [0.05, 0.1) is 17.1 Å². The Morgan fingerprint density at radius 1 is 1.20 bits per heavy atom. The number of rotatable bonds is 4. The third-order valence-corrected chi connectivity index (χ3v) is 4.51. The monoisotopic (exact) mass is 271 g/mol. The average Bonchev–Trinajstić information content (AvgIpc) is 2.91. The molecule has 2 heterocycles. The van der Waals surface area contributed by atoms with Crippen LogP contribution in [-0.2, 0) is 6.42 Å². The van der Waals surface area contributed by atoms with Gasteiger partial charge in [0.15, 0.2) is 0 Å². The molecule has 3 rings (SSSR count). The second-order valence-electron chi connectivity index (χ2n) is 5.85. The Morgan fingerprint density at radius 3 is 2.70 bits per heavy atom. The molecule has 1 aliphatic rings. The third kappa shape index (κ3) is 2.59. The Kier molecular flexibility index (Phi) is 4.06. The van der Waals surface area contributed by atoms with E-state index >= 15 is 0 Å². The van der Waals surface area contributed by atoms with Crippen molar-refractivity contribution in [3.05, 3.63) is 29.6 Å². The van der Waals surface area contributed by atoms with Crippen LogP contribution >= 0.6 is 0 Å². The highest BCUT2D eigenvalue weighted by Crippen LogP contribution is 2.27. The van der Waals surface area contributed by atoms with Crippen LogP contribution in [0, 0.1) is 0 Å². The quantitative estimate of drug-likeness (QED) is 0.909. The summed E-state index contributed by atoms with van der Waals surface area (Å²) in [5, 5.41) is 0. The molecule has 0 amide bonds. The summed E-state index contributed by atoms with van der Waals surface area (Å²) in [5.74, 6) is 1.15. The summed E-state index contributed by atoms with van der Waals surface area (Å²) >= 11 is 0. The summed E-state index contributed by atoms with van der Waals surface area (Å²) in [6.07, 6.45) is 6.24. The van der Waals surface area contributed by atoms with Gasteiger partial charge in [-0.05, 0) is 56.5 Å². The Balaban J connectivity index is 1.90. The van der Waals surface area contributed by atoms with Gasteiger partial charge in [-0.3, -0.25) is 4.90 Å². The van der Waals surface area contributed by atoms with Crippen LogP contribution in [0.2, 0.25) is 0 Å². The summed E-state index contributed by atoms with van der Waals surface area (Å²) in [6.45, 7) is 6.90. The minimum absolute atomic E-state index is 0.452. The van der Waals surface area contributed by atoms with E-state index in [1.807, 2.05) is 0 Å². The molecule has 1 fully saturated rings. The number of hydrogen-bond donors (Lipinski definition) is 1. The summed E-state index contributed by atoms with van der Waals surface area (Å²) in [4.78, 5) is 11.0. The zero-order valence-electron chi connectivity index (χ0n) is 12.7. The maximum atomic E-state index is 4.84. The van der Waals surface area contributed by atoms with E-state index in [1.54, 1.807) is 0 Å². The Morgan fingerprint density at radius 2 is 2.00 bits per heavy atom. The lowest BCUT2D eigenvalue weighted by atomic mass is 10.1. The lowest BCUT2D eigenvalue weighted by Crippen LogP contribution is -2.34. The Labute approximate surface area is 121 Å². The van der Waals surface area contributed by atoms with Gasteiger partial charge in [-0.25, -0.2) is 4.98 Å². The SMILES string of the molecule is CCc1ccc2nc(C(CC)N3CCCCC3)[nH]c2c1. The Bertz CT molecular complexity index is 567. The molecule has 1 saturated heterocycles. The standard InChI is InChI=1S/C17H25N3/c1-3-13-8-9-14-15(12-13)19-17(18-14)16(4-2)20-10-6-5-7-11-20/h8-9,12,16H,3-7,10-11H2,1-2H3,(H,18,19). The molecule has 1 aliphatic heterocycles. The molecule has 20 heavy (non-hydrogen) atoms. The number of H-pyrrole nitrogens is 1. The number of fused-ring (bicyclic) bond motifs is 1. The van der Waals surface area contributed by atoms with Crippen molar-refractivity contribution in [2.45, 2.75) is 52.0 Å². The fraction of sp³-hybridized carbons (Fsp3) is 0.588.